The lowest BCUT2D eigenvalue weighted by Gasteiger charge is -2.22. The van der Waals surface area contributed by atoms with Crippen LogP contribution in [0.3, 0.4) is 0 Å². The van der Waals surface area contributed by atoms with Crippen molar-refractivity contribution in [3.05, 3.63) is 34.9 Å². The van der Waals surface area contributed by atoms with E-state index < -0.39 is 0 Å². The second-order valence-corrected chi connectivity index (χ2v) is 5.79. The quantitative estimate of drug-likeness (QED) is 0.633. The van der Waals surface area contributed by atoms with Crippen LogP contribution < -0.4 is 0 Å². The molecule has 1 aliphatic carbocycles. The van der Waals surface area contributed by atoms with Crippen molar-refractivity contribution in [2.75, 3.05) is 0 Å². The maximum atomic E-state index is 6.63. The fourth-order valence-corrected chi connectivity index (χ4v) is 3.30. The van der Waals surface area contributed by atoms with Gasteiger partial charge >= 0.3 is 0 Å². The monoisotopic (exact) mass is 236 g/mol. The van der Waals surface area contributed by atoms with Gasteiger partial charge in [0.15, 0.2) is 0 Å². The molecule has 0 bridgehead atoms. The van der Waals surface area contributed by atoms with E-state index in [2.05, 4.69) is 39.0 Å². The number of halogens is 1. The van der Waals surface area contributed by atoms with E-state index in [0.717, 1.165) is 5.92 Å². The summed E-state index contributed by atoms with van der Waals surface area (Å²) in [6.07, 6.45) is 3.99. The van der Waals surface area contributed by atoms with Crippen LogP contribution in [0.2, 0.25) is 0 Å². The lowest BCUT2D eigenvalue weighted by Crippen LogP contribution is -2.11. The Morgan fingerprint density at radius 1 is 1.19 bits per heavy atom. The Hall–Kier alpha value is -0.490. The summed E-state index contributed by atoms with van der Waals surface area (Å²) in [4.78, 5) is 0. The van der Waals surface area contributed by atoms with Crippen LogP contribution in [0.15, 0.2) is 18.2 Å². The van der Waals surface area contributed by atoms with Crippen molar-refractivity contribution >= 4 is 11.6 Å². The van der Waals surface area contributed by atoms with Gasteiger partial charge in [-0.3, -0.25) is 0 Å². The molecule has 0 nitrogen and oxygen atoms in total. The molecule has 0 heterocycles. The van der Waals surface area contributed by atoms with Crippen molar-refractivity contribution in [2.24, 2.45) is 11.8 Å². The largest absolute Gasteiger partial charge is 0.118 e. The molecular weight excluding hydrogens is 216 g/mol. The van der Waals surface area contributed by atoms with Gasteiger partial charge in [-0.1, -0.05) is 38.0 Å². The van der Waals surface area contributed by atoms with Crippen LogP contribution in [0, 0.1) is 25.7 Å². The number of rotatable bonds is 2. The second kappa shape index (κ2) is 4.79. The van der Waals surface area contributed by atoms with E-state index in [9.17, 15) is 0 Å². The van der Waals surface area contributed by atoms with Gasteiger partial charge in [0.25, 0.3) is 0 Å². The van der Waals surface area contributed by atoms with Gasteiger partial charge in [-0.2, -0.15) is 0 Å². The minimum Gasteiger partial charge on any atom is -0.118 e. The van der Waals surface area contributed by atoms with Crippen LogP contribution >= 0.6 is 11.6 Å². The Bertz CT molecular complexity index is 370. The molecule has 1 aromatic carbocycles. The molecule has 0 saturated heterocycles. The molecule has 0 aromatic heterocycles. The van der Waals surface area contributed by atoms with Gasteiger partial charge in [0.05, 0.1) is 5.38 Å². The lowest BCUT2D eigenvalue weighted by molar-refractivity contribution is 0.405. The van der Waals surface area contributed by atoms with Crippen LogP contribution in [-0.2, 0) is 0 Å². The van der Waals surface area contributed by atoms with Crippen molar-refractivity contribution < 1.29 is 0 Å². The molecule has 0 amide bonds. The average molecular weight is 237 g/mol. The van der Waals surface area contributed by atoms with E-state index >= 15 is 0 Å². The Labute approximate surface area is 104 Å². The number of benzene rings is 1. The molecule has 2 rings (SSSR count). The van der Waals surface area contributed by atoms with Crippen molar-refractivity contribution in [1.29, 1.82) is 0 Å². The fraction of sp³-hybridized carbons (Fsp3) is 0.600. The molecule has 1 saturated carbocycles. The van der Waals surface area contributed by atoms with E-state index in [1.807, 2.05) is 0 Å². The zero-order valence-electron chi connectivity index (χ0n) is 10.5. The first-order valence-electron chi connectivity index (χ1n) is 6.31. The van der Waals surface area contributed by atoms with Gasteiger partial charge in [0.2, 0.25) is 0 Å². The molecule has 1 fully saturated rings. The van der Waals surface area contributed by atoms with E-state index in [1.54, 1.807) is 0 Å². The first kappa shape index (κ1) is 12.0. The zero-order valence-corrected chi connectivity index (χ0v) is 11.2. The zero-order chi connectivity index (χ0) is 11.7. The molecule has 0 radical (unpaired) electrons. The third-order valence-electron chi connectivity index (χ3n) is 4.15. The predicted octanol–water partition coefficient (Wildman–Crippen LogP) is 5.02. The third-order valence-corrected chi connectivity index (χ3v) is 4.73. The summed E-state index contributed by atoms with van der Waals surface area (Å²) >= 11 is 6.63. The molecule has 3 unspecified atom stereocenters. The SMILES string of the molecule is Cc1ccc(C(Cl)C2CCCC2C)cc1C. The van der Waals surface area contributed by atoms with Crippen LogP contribution in [0.4, 0.5) is 0 Å². The molecule has 1 aliphatic rings. The van der Waals surface area contributed by atoms with Crippen LogP contribution in [0.1, 0.15) is 48.3 Å². The summed E-state index contributed by atoms with van der Waals surface area (Å²) in [6.45, 7) is 6.66. The molecule has 0 spiro atoms. The molecule has 88 valence electrons. The number of hydrogen-bond donors (Lipinski definition) is 0. The molecule has 0 aliphatic heterocycles. The lowest BCUT2D eigenvalue weighted by atomic mass is 9.89. The van der Waals surface area contributed by atoms with E-state index in [-0.39, 0.29) is 5.38 Å². The summed E-state index contributed by atoms with van der Waals surface area (Å²) in [6, 6.07) is 6.66. The first-order chi connectivity index (χ1) is 7.59. The molecule has 3 atom stereocenters. The first-order valence-corrected chi connectivity index (χ1v) is 6.74. The van der Waals surface area contributed by atoms with Crippen LogP contribution in [0.5, 0.6) is 0 Å². The highest BCUT2D eigenvalue weighted by atomic mass is 35.5. The van der Waals surface area contributed by atoms with E-state index in [1.165, 1.54) is 36.0 Å². The summed E-state index contributed by atoms with van der Waals surface area (Å²) in [5.74, 6) is 1.45. The molecule has 1 aromatic rings. The van der Waals surface area contributed by atoms with Gasteiger partial charge < -0.3 is 0 Å². The van der Waals surface area contributed by atoms with E-state index in [0.29, 0.717) is 5.92 Å². The Kier molecular flexibility index (Phi) is 3.59. The van der Waals surface area contributed by atoms with Gasteiger partial charge in [-0.15, -0.1) is 11.6 Å². The fourth-order valence-electron chi connectivity index (χ4n) is 2.79. The number of alkyl halides is 1. The van der Waals surface area contributed by atoms with Gasteiger partial charge in [0.1, 0.15) is 0 Å². The topological polar surface area (TPSA) is 0 Å². The summed E-state index contributed by atoms with van der Waals surface area (Å²) in [5.41, 5.74) is 4.02. The Morgan fingerprint density at radius 2 is 1.94 bits per heavy atom. The van der Waals surface area contributed by atoms with E-state index in [4.69, 9.17) is 11.6 Å². The maximum Gasteiger partial charge on any atom is 0.0616 e. The standard InChI is InChI=1S/C15H21Cl/c1-10-7-8-13(9-12(10)3)15(16)14-6-4-5-11(14)2/h7-9,11,14-15H,4-6H2,1-3H3. The molecule has 0 N–H and O–H groups in total. The summed E-state index contributed by atoms with van der Waals surface area (Å²) < 4.78 is 0. The van der Waals surface area contributed by atoms with Crippen molar-refractivity contribution in [1.82, 2.24) is 0 Å². The molecular formula is C15H21Cl. The Balaban J connectivity index is 2.20. The third kappa shape index (κ3) is 2.27. The highest BCUT2D eigenvalue weighted by molar-refractivity contribution is 6.21. The van der Waals surface area contributed by atoms with Crippen LogP contribution in [-0.4, -0.2) is 0 Å². The van der Waals surface area contributed by atoms with Crippen molar-refractivity contribution in [3.8, 4) is 0 Å². The summed E-state index contributed by atoms with van der Waals surface area (Å²) in [7, 11) is 0. The second-order valence-electron chi connectivity index (χ2n) is 5.32. The van der Waals surface area contributed by atoms with Crippen molar-refractivity contribution in [3.63, 3.8) is 0 Å². The smallest absolute Gasteiger partial charge is 0.0616 e. The average Bonchev–Trinajstić information content (AvgIpc) is 2.67. The minimum atomic E-state index is 0.205. The minimum absolute atomic E-state index is 0.205. The van der Waals surface area contributed by atoms with Gasteiger partial charge in [-0.25, -0.2) is 0 Å². The molecule has 1 heteroatoms. The maximum absolute atomic E-state index is 6.63. The predicted molar refractivity (Wildman–Crippen MR) is 71.0 cm³/mol. The highest BCUT2D eigenvalue weighted by Crippen LogP contribution is 2.43. The Morgan fingerprint density at radius 3 is 2.50 bits per heavy atom. The highest BCUT2D eigenvalue weighted by Gasteiger charge is 2.30. The van der Waals surface area contributed by atoms with Gasteiger partial charge in [0, 0.05) is 0 Å². The van der Waals surface area contributed by atoms with Crippen LogP contribution in [0.25, 0.3) is 0 Å². The van der Waals surface area contributed by atoms with Crippen molar-refractivity contribution in [2.45, 2.75) is 45.4 Å². The normalized spacial score (nSPS) is 27.0. The van der Waals surface area contributed by atoms with Gasteiger partial charge in [-0.05, 0) is 48.8 Å². The summed E-state index contributed by atoms with van der Waals surface area (Å²) in [5, 5.41) is 0.205. The number of hydrogen-bond acceptors (Lipinski definition) is 0. The number of aryl methyl sites for hydroxylation is 2. The molecule has 16 heavy (non-hydrogen) atoms.